The number of hydrogen-bond acceptors (Lipinski definition) is 3. The molecule has 0 unspecified atom stereocenters. The van der Waals surface area contributed by atoms with Gasteiger partial charge in [-0.25, -0.2) is 0 Å². The quantitative estimate of drug-likeness (QED) is 0.167. The van der Waals surface area contributed by atoms with Crippen molar-refractivity contribution in [2.45, 2.75) is 0 Å². The van der Waals surface area contributed by atoms with E-state index in [4.69, 9.17) is 4.42 Å². The topological polar surface area (TPSA) is 16.4 Å². The van der Waals surface area contributed by atoms with Crippen molar-refractivity contribution in [2.24, 2.45) is 0 Å². The number of fused-ring (bicyclic) bond motifs is 9. The number of hydrogen-bond donors (Lipinski definition) is 0. The molecule has 11 aromatic rings. The number of thiophene rings is 1. The number of rotatable bonds is 5. The second-order valence-corrected chi connectivity index (χ2v) is 14.8. The molecule has 53 heavy (non-hydrogen) atoms. The van der Waals surface area contributed by atoms with Crippen LogP contribution in [0.3, 0.4) is 0 Å². The highest BCUT2D eigenvalue weighted by molar-refractivity contribution is 7.25. The molecular weight excluding hydrogens is 663 g/mol. The average Bonchev–Trinajstić information content (AvgIpc) is 3.79. The monoisotopic (exact) mass is 693 g/mol. The van der Waals surface area contributed by atoms with Crippen molar-refractivity contribution in [2.75, 3.05) is 4.90 Å². The Bertz CT molecular complexity index is 3060. The zero-order valence-corrected chi connectivity index (χ0v) is 29.5. The van der Waals surface area contributed by atoms with E-state index in [0.29, 0.717) is 0 Å². The number of furan rings is 1. The highest BCUT2D eigenvalue weighted by atomic mass is 32.1. The lowest BCUT2D eigenvalue weighted by Gasteiger charge is -2.26. The molecule has 0 amide bonds. The van der Waals surface area contributed by atoms with Crippen LogP contribution in [0.2, 0.25) is 0 Å². The number of nitrogens with zero attached hydrogens (tertiary/aromatic N) is 1. The Hall–Kier alpha value is -6.68. The van der Waals surface area contributed by atoms with Crippen molar-refractivity contribution in [3.8, 4) is 22.3 Å². The van der Waals surface area contributed by atoms with Gasteiger partial charge >= 0.3 is 0 Å². The first-order valence-corrected chi connectivity index (χ1v) is 18.8. The van der Waals surface area contributed by atoms with Gasteiger partial charge in [-0.1, -0.05) is 127 Å². The van der Waals surface area contributed by atoms with E-state index in [1.165, 1.54) is 64.0 Å². The Balaban J connectivity index is 1.09. The Morgan fingerprint density at radius 3 is 1.85 bits per heavy atom. The van der Waals surface area contributed by atoms with Gasteiger partial charge in [-0.2, -0.15) is 0 Å². The highest BCUT2D eigenvalue weighted by Crippen LogP contribution is 2.44. The van der Waals surface area contributed by atoms with Gasteiger partial charge in [-0.3, -0.25) is 0 Å². The van der Waals surface area contributed by atoms with Crippen molar-refractivity contribution in [3.63, 3.8) is 0 Å². The predicted molar refractivity (Wildman–Crippen MR) is 227 cm³/mol. The van der Waals surface area contributed by atoms with Crippen LogP contribution in [-0.2, 0) is 0 Å². The summed E-state index contributed by atoms with van der Waals surface area (Å²) in [5.41, 5.74) is 9.89. The standard InChI is InChI=1S/C50H31NOS/c1-2-11-32(12-3-1)45-29-34-13-4-5-14-38(34)44-18-10-17-39(50(44)45)33-21-23-35(24-22-33)51(36-25-27-41-40-15-6-8-19-46(40)52-47(41)30-36)37-26-28-43-42-16-7-9-20-48(42)53-49(43)31-37/h1-31H. The lowest BCUT2D eigenvalue weighted by molar-refractivity contribution is 0.669. The maximum absolute atomic E-state index is 6.40. The first kappa shape index (κ1) is 30.0. The summed E-state index contributed by atoms with van der Waals surface area (Å²) >= 11 is 1.84. The second-order valence-electron chi connectivity index (χ2n) is 13.7. The molecule has 0 aliphatic heterocycles. The Morgan fingerprint density at radius 2 is 0.981 bits per heavy atom. The van der Waals surface area contributed by atoms with Gasteiger partial charge in [0.2, 0.25) is 0 Å². The van der Waals surface area contributed by atoms with E-state index in [0.717, 1.165) is 39.0 Å². The molecule has 2 heterocycles. The lowest BCUT2D eigenvalue weighted by atomic mass is 9.88. The summed E-state index contributed by atoms with van der Waals surface area (Å²) in [7, 11) is 0. The van der Waals surface area contributed by atoms with E-state index in [1.54, 1.807) is 0 Å². The zero-order chi connectivity index (χ0) is 34.9. The molecule has 0 spiro atoms. The van der Waals surface area contributed by atoms with E-state index in [-0.39, 0.29) is 0 Å². The molecule has 2 aromatic heterocycles. The van der Waals surface area contributed by atoms with Gasteiger partial charge in [-0.05, 0) is 98.4 Å². The van der Waals surface area contributed by atoms with Gasteiger partial charge in [0.1, 0.15) is 11.2 Å². The van der Waals surface area contributed by atoms with Gasteiger partial charge in [0, 0.05) is 54.1 Å². The van der Waals surface area contributed by atoms with Crippen molar-refractivity contribution >= 4 is 92.1 Å². The lowest BCUT2D eigenvalue weighted by Crippen LogP contribution is -2.09. The molecule has 2 nitrogen and oxygen atoms in total. The minimum atomic E-state index is 0.879. The molecule has 0 fully saturated rings. The number of benzene rings is 9. The fourth-order valence-corrected chi connectivity index (χ4v) is 9.33. The van der Waals surface area contributed by atoms with E-state index in [2.05, 4.69) is 181 Å². The second kappa shape index (κ2) is 11.9. The summed E-state index contributed by atoms with van der Waals surface area (Å²) in [5, 5.41) is 9.90. The molecule has 0 atom stereocenters. The molecule has 0 saturated heterocycles. The zero-order valence-electron chi connectivity index (χ0n) is 28.7. The number of para-hydroxylation sites is 1. The van der Waals surface area contributed by atoms with Gasteiger partial charge in [-0.15, -0.1) is 11.3 Å². The molecule has 0 bridgehead atoms. The third-order valence-electron chi connectivity index (χ3n) is 10.6. The fourth-order valence-electron chi connectivity index (χ4n) is 8.19. The maximum atomic E-state index is 6.40. The molecule has 9 aromatic carbocycles. The van der Waals surface area contributed by atoms with Crippen LogP contribution in [-0.4, -0.2) is 0 Å². The molecule has 248 valence electrons. The highest BCUT2D eigenvalue weighted by Gasteiger charge is 2.19. The molecule has 0 N–H and O–H groups in total. The van der Waals surface area contributed by atoms with E-state index >= 15 is 0 Å². The normalized spacial score (nSPS) is 11.8. The summed E-state index contributed by atoms with van der Waals surface area (Å²) in [4.78, 5) is 2.35. The molecule has 0 aliphatic carbocycles. The summed E-state index contributed by atoms with van der Waals surface area (Å²) in [6.45, 7) is 0. The molecule has 3 heteroatoms. The minimum absolute atomic E-state index is 0.879. The number of anilines is 3. The summed E-state index contributed by atoms with van der Waals surface area (Å²) in [5.74, 6) is 0. The van der Waals surface area contributed by atoms with Crippen molar-refractivity contribution in [1.82, 2.24) is 0 Å². The van der Waals surface area contributed by atoms with Crippen LogP contribution < -0.4 is 4.90 Å². The Kier molecular flexibility index (Phi) is 6.76. The third-order valence-corrected chi connectivity index (χ3v) is 11.8. The van der Waals surface area contributed by atoms with Gasteiger partial charge in [0.05, 0.1) is 0 Å². The molecule has 0 aliphatic rings. The first-order valence-electron chi connectivity index (χ1n) is 18.0. The Morgan fingerprint density at radius 1 is 0.358 bits per heavy atom. The minimum Gasteiger partial charge on any atom is -0.456 e. The van der Waals surface area contributed by atoms with Crippen LogP contribution >= 0.6 is 11.3 Å². The average molecular weight is 694 g/mol. The van der Waals surface area contributed by atoms with Crippen LogP contribution in [0.25, 0.3) is 85.9 Å². The first-order chi connectivity index (χ1) is 26.3. The van der Waals surface area contributed by atoms with Crippen LogP contribution in [0.4, 0.5) is 17.1 Å². The van der Waals surface area contributed by atoms with Crippen LogP contribution in [0.15, 0.2) is 192 Å². The predicted octanol–water partition coefficient (Wildman–Crippen LogP) is 15.1. The fraction of sp³-hybridized carbons (Fsp3) is 0. The smallest absolute Gasteiger partial charge is 0.137 e. The molecule has 0 saturated carbocycles. The van der Waals surface area contributed by atoms with Crippen LogP contribution in [0.1, 0.15) is 0 Å². The maximum Gasteiger partial charge on any atom is 0.137 e. The third kappa shape index (κ3) is 4.86. The van der Waals surface area contributed by atoms with Crippen LogP contribution in [0, 0.1) is 0 Å². The van der Waals surface area contributed by atoms with Gasteiger partial charge in [0.15, 0.2) is 0 Å². The van der Waals surface area contributed by atoms with Crippen molar-refractivity contribution in [1.29, 1.82) is 0 Å². The van der Waals surface area contributed by atoms with E-state index < -0.39 is 0 Å². The van der Waals surface area contributed by atoms with E-state index in [9.17, 15) is 0 Å². The summed E-state index contributed by atoms with van der Waals surface area (Å²) in [6.07, 6.45) is 0. The summed E-state index contributed by atoms with van der Waals surface area (Å²) in [6, 6.07) is 68.0. The molecule has 11 rings (SSSR count). The SMILES string of the molecule is c1ccc(-c2cc3ccccc3c3cccc(-c4ccc(N(c5ccc6c(c5)oc5ccccc56)c5ccc6c(c5)sc5ccccc56)cc4)c23)cc1. The van der Waals surface area contributed by atoms with Gasteiger partial charge in [0.25, 0.3) is 0 Å². The van der Waals surface area contributed by atoms with Gasteiger partial charge < -0.3 is 9.32 Å². The molecule has 0 radical (unpaired) electrons. The van der Waals surface area contributed by atoms with Crippen LogP contribution in [0.5, 0.6) is 0 Å². The van der Waals surface area contributed by atoms with Crippen molar-refractivity contribution < 1.29 is 4.42 Å². The largest absolute Gasteiger partial charge is 0.456 e. The summed E-state index contributed by atoms with van der Waals surface area (Å²) < 4.78 is 8.97. The Labute approximate surface area is 310 Å². The van der Waals surface area contributed by atoms with Crippen molar-refractivity contribution in [3.05, 3.63) is 188 Å². The molecular formula is C50H31NOS. The van der Waals surface area contributed by atoms with E-state index in [1.807, 2.05) is 23.5 Å².